The molecular weight excluding hydrogens is 395 g/mol. The molecule has 0 aliphatic heterocycles. The molecule has 0 bridgehead atoms. The van der Waals surface area contributed by atoms with Crippen LogP contribution in [0.5, 0.6) is 0 Å². The molecule has 0 heterocycles. The SMILES string of the molecule is O=C(CCc1ccc(S(=O)(=O)NC2CC2)cc1)Nc1cc(Cl)ccc1Cl. The number of sulfonamides is 1. The van der Waals surface area contributed by atoms with E-state index in [1.165, 1.54) is 0 Å². The molecule has 1 fully saturated rings. The molecule has 1 aliphatic carbocycles. The van der Waals surface area contributed by atoms with Crippen LogP contribution in [0.2, 0.25) is 10.0 Å². The van der Waals surface area contributed by atoms with Gasteiger partial charge in [-0.3, -0.25) is 4.79 Å². The molecule has 1 saturated carbocycles. The molecule has 0 unspecified atom stereocenters. The van der Waals surface area contributed by atoms with Crippen LogP contribution in [0.15, 0.2) is 47.4 Å². The van der Waals surface area contributed by atoms with E-state index in [-0.39, 0.29) is 23.3 Å². The van der Waals surface area contributed by atoms with Crippen LogP contribution in [0.3, 0.4) is 0 Å². The van der Waals surface area contributed by atoms with Crippen molar-refractivity contribution in [2.75, 3.05) is 5.32 Å². The highest BCUT2D eigenvalue weighted by molar-refractivity contribution is 7.89. The van der Waals surface area contributed by atoms with Crippen LogP contribution in [0, 0.1) is 0 Å². The number of rotatable bonds is 7. The number of carbonyl (C=O) groups is 1. The monoisotopic (exact) mass is 412 g/mol. The van der Waals surface area contributed by atoms with E-state index < -0.39 is 10.0 Å². The van der Waals surface area contributed by atoms with Gasteiger partial charge < -0.3 is 5.32 Å². The standard InChI is InChI=1S/C18H18Cl2N2O3S/c19-13-4-9-16(20)17(11-13)21-18(23)10-3-12-1-7-15(8-2-12)26(24,25)22-14-5-6-14/h1-2,4,7-9,11,14,22H,3,5-6,10H2,(H,21,23). The minimum atomic E-state index is -3.45. The van der Waals surface area contributed by atoms with Gasteiger partial charge in [0.1, 0.15) is 0 Å². The molecule has 1 amide bonds. The molecule has 0 aromatic heterocycles. The molecule has 8 heteroatoms. The number of hydrogen-bond donors (Lipinski definition) is 2. The van der Waals surface area contributed by atoms with E-state index in [1.807, 2.05) is 0 Å². The lowest BCUT2D eigenvalue weighted by Crippen LogP contribution is -2.25. The van der Waals surface area contributed by atoms with Crippen molar-refractivity contribution in [1.82, 2.24) is 4.72 Å². The van der Waals surface area contributed by atoms with Gasteiger partial charge in [0.2, 0.25) is 15.9 Å². The summed E-state index contributed by atoms with van der Waals surface area (Å²) in [5.41, 5.74) is 1.35. The molecule has 0 saturated heterocycles. The molecule has 1 aliphatic rings. The van der Waals surface area contributed by atoms with Crippen LogP contribution in [0.25, 0.3) is 0 Å². The molecule has 0 radical (unpaired) electrons. The van der Waals surface area contributed by atoms with Crippen LogP contribution >= 0.6 is 23.2 Å². The number of hydrogen-bond acceptors (Lipinski definition) is 3. The Balaban J connectivity index is 1.56. The maximum absolute atomic E-state index is 12.1. The summed E-state index contributed by atoms with van der Waals surface area (Å²) >= 11 is 11.9. The van der Waals surface area contributed by atoms with Crippen molar-refractivity contribution in [2.45, 2.75) is 36.6 Å². The minimum absolute atomic E-state index is 0.0710. The van der Waals surface area contributed by atoms with Gasteiger partial charge in [-0.1, -0.05) is 35.3 Å². The van der Waals surface area contributed by atoms with E-state index >= 15 is 0 Å². The summed E-state index contributed by atoms with van der Waals surface area (Å²) in [5.74, 6) is -0.193. The number of amides is 1. The molecule has 2 aromatic rings. The van der Waals surface area contributed by atoms with Crippen molar-refractivity contribution in [3.05, 3.63) is 58.1 Å². The molecule has 2 N–H and O–H groups in total. The van der Waals surface area contributed by atoms with Crippen molar-refractivity contribution in [3.8, 4) is 0 Å². The van der Waals surface area contributed by atoms with Gasteiger partial charge in [-0.2, -0.15) is 0 Å². The van der Waals surface area contributed by atoms with Crippen molar-refractivity contribution in [3.63, 3.8) is 0 Å². The molecule has 26 heavy (non-hydrogen) atoms. The quantitative estimate of drug-likeness (QED) is 0.721. The van der Waals surface area contributed by atoms with Crippen LogP contribution in [-0.4, -0.2) is 20.4 Å². The zero-order valence-electron chi connectivity index (χ0n) is 13.8. The first-order chi connectivity index (χ1) is 12.3. The lowest BCUT2D eigenvalue weighted by Gasteiger charge is -2.09. The Kier molecular flexibility index (Phi) is 5.87. The van der Waals surface area contributed by atoms with Gasteiger partial charge in [0.25, 0.3) is 0 Å². The van der Waals surface area contributed by atoms with Crippen LogP contribution in [0.1, 0.15) is 24.8 Å². The van der Waals surface area contributed by atoms with Crippen LogP contribution in [-0.2, 0) is 21.2 Å². The second kappa shape index (κ2) is 7.96. The van der Waals surface area contributed by atoms with E-state index in [0.29, 0.717) is 22.2 Å². The molecule has 5 nitrogen and oxygen atoms in total. The molecule has 3 rings (SSSR count). The lowest BCUT2D eigenvalue weighted by molar-refractivity contribution is -0.116. The van der Waals surface area contributed by atoms with Gasteiger partial charge in [-0.15, -0.1) is 0 Å². The highest BCUT2D eigenvalue weighted by Crippen LogP contribution is 2.26. The number of nitrogens with one attached hydrogen (secondary N) is 2. The predicted octanol–water partition coefficient (Wildman–Crippen LogP) is 4.01. The summed E-state index contributed by atoms with van der Waals surface area (Å²) in [5, 5.41) is 3.63. The summed E-state index contributed by atoms with van der Waals surface area (Å²) in [6.07, 6.45) is 2.52. The summed E-state index contributed by atoms with van der Waals surface area (Å²) in [6.45, 7) is 0. The zero-order chi connectivity index (χ0) is 18.7. The first-order valence-corrected chi connectivity index (χ1v) is 10.4. The van der Waals surface area contributed by atoms with Gasteiger partial charge in [0.15, 0.2) is 0 Å². The van der Waals surface area contributed by atoms with Crippen molar-refractivity contribution in [2.24, 2.45) is 0 Å². The predicted molar refractivity (Wildman–Crippen MR) is 103 cm³/mol. The van der Waals surface area contributed by atoms with Crippen molar-refractivity contribution in [1.29, 1.82) is 0 Å². The average molecular weight is 413 g/mol. The smallest absolute Gasteiger partial charge is 0.240 e. The fraction of sp³-hybridized carbons (Fsp3) is 0.278. The Bertz CT molecular complexity index is 911. The van der Waals surface area contributed by atoms with Gasteiger partial charge in [-0.05, 0) is 55.2 Å². The lowest BCUT2D eigenvalue weighted by atomic mass is 10.1. The molecule has 138 valence electrons. The van der Waals surface area contributed by atoms with Gasteiger partial charge >= 0.3 is 0 Å². The van der Waals surface area contributed by atoms with E-state index in [2.05, 4.69) is 10.0 Å². The molecule has 0 atom stereocenters. The number of carbonyl (C=O) groups excluding carboxylic acids is 1. The maximum atomic E-state index is 12.1. The average Bonchev–Trinajstić information content (AvgIpc) is 3.40. The summed E-state index contributed by atoms with van der Waals surface area (Å²) < 4.78 is 26.9. The summed E-state index contributed by atoms with van der Waals surface area (Å²) in [4.78, 5) is 12.3. The summed E-state index contributed by atoms with van der Waals surface area (Å²) in [6, 6.07) is 11.5. The van der Waals surface area contributed by atoms with E-state index in [1.54, 1.807) is 42.5 Å². The fourth-order valence-corrected chi connectivity index (χ4v) is 4.03. The van der Waals surface area contributed by atoms with E-state index in [4.69, 9.17) is 23.2 Å². The second-order valence-electron chi connectivity index (χ2n) is 6.21. The third-order valence-corrected chi connectivity index (χ3v) is 6.08. The maximum Gasteiger partial charge on any atom is 0.240 e. The molecule has 0 spiro atoms. The minimum Gasteiger partial charge on any atom is -0.325 e. The third kappa shape index (κ3) is 5.20. The number of anilines is 1. The Morgan fingerprint density at radius 1 is 1.08 bits per heavy atom. The van der Waals surface area contributed by atoms with E-state index in [0.717, 1.165) is 18.4 Å². The highest BCUT2D eigenvalue weighted by atomic mass is 35.5. The Morgan fingerprint density at radius 2 is 1.77 bits per heavy atom. The largest absolute Gasteiger partial charge is 0.325 e. The second-order valence-corrected chi connectivity index (χ2v) is 8.77. The van der Waals surface area contributed by atoms with Crippen LogP contribution < -0.4 is 10.0 Å². The Morgan fingerprint density at radius 3 is 2.42 bits per heavy atom. The Hall–Kier alpha value is -1.60. The van der Waals surface area contributed by atoms with Crippen molar-refractivity contribution < 1.29 is 13.2 Å². The zero-order valence-corrected chi connectivity index (χ0v) is 16.2. The fourth-order valence-electron chi connectivity index (χ4n) is 2.39. The first kappa shape index (κ1) is 19.2. The van der Waals surface area contributed by atoms with E-state index in [9.17, 15) is 13.2 Å². The molecule has 2 aromatic carbocycles. The highest BCUT2D eigenvalue weighted by Gasteiger charge is 2.27. The molecular formula is C18H18Cl2N2O3S. The topological polar surface area (TPSA) is 75.3 Å². The summed E-state index contributed by atoms with van der Waals surface area (Å²) in [7, 11) is -3.45. The Labute approximate surface area is 162 Å². The number of halogens is 2. The van der Waals surface area contributed by atoms with Crippen molar-refractivity contribution >= 4 is 44.8 Å². The first-order valence-electron chi connectivity index (χ1n) is 8.20. The van der Waals surface area contributed by atoms with Crippen LogP contribution in [0.4, 0.5) is 5.69 Å². The van der Waals surface area contributed by atoms with Gasteiger partial charge in [-0.25, -0.2) is 13.1 Å². The van der Waals surface area contributed by atoms with Gasteiger partial charge in [0, 0.05) is 17.5 Å². The van der Waals surface area contributed by atoms with Gasteiger partial charge in [0.05, 0.1) is 15.6 Å². The number of aryl methyl sites for hydroxylation is 1. The normalized spacial score (nSPS) is 14.2. The number of benzene rings is 2. The third-order valence-electron chi connectivity index (χ3n) is 3.98.